The Balaban J connectivity index is 2.57. The van der Waals surface area contributed by atoms with Crippen LogP contribution >= 0.6 is 11.5 Å². The van der Waals surface area contributed by atoms with E-state index in [1.54, 1.807) is 11.5 Å². The van der Waals surface area contributed by atoms with Crippen LogP contribution in [0.25, 0.3) is 0 Å². The van der Waals surface area contributed by atoms with Crippen LogP contribution < -0.4 is 4.67 Å². The lowest BCUT2D eigenvalue weighted by Gasteiger charge is -2.13. The number of hydrogen-bond acceptors (Lipinski definition) is 3. The van der Waals surface area contributed by atoms with Crippen LogP contribution in [0.1, 0.15) is 26.5 Å². The molecular weight excluding hydrogens is 230 g/mol. The molecule has 90 valence electrons. The summed E-state index contributed by atoms with van der Waals surface area (Å²) in [6, 6.07) is 10.0. The van der Waals surface area contributed by atoms with Gasteiger partial charge in [0.2, 0.25) is 0 Å². The summed E-state index contributed by atoms with van der Waals surface area (Å²) in [5.41, 5.74) is 2.04. The lowest BCUT2D eigenvalue weighted by Crippen LogP contribution is -2.20. The maximum absolute atomic E-state index is 4.66. The Hall–Kier alpha value is -1.42. The number of nitrogens with zero attached hydrogens (tertiary/aromatic N) is 3. The van der Waals surface area contributed by atoms with Crippen LogP contribution in [0, 0.1) is 0 Å². The summed E-state index contributed by atoms with van der Waals surface area (Å²) in [6.07, 6.45) is 0. The Morgan fingerprint density at radius 1 is 1.18 bits per heavy atom. The van der Waals surface area contributed by atoms with E-state index in [9.17, 15) is 0 Å². The minimum absolute atomic E-state index is 0.0192. The van der Waals surface area contributed by atoms with Gasteiger partial charge in [-0.25, -0.2) is 9.06 Å². The summed E-state index contributed by atoms with van der Waals surface area (Å²) in [5, 5.41) is 4.52. The molecular formula is C13H17N3S. The van der Waals surface area contributed by atoms with Crippen LogP contribution in [0.2, 0.25) is 0 Å². The first-order chi connectivity index (χ1) is 7.97. The molecule has 0 amide bonds. The van der Waals surface area contributed by atoms with E-state index in [4.69, 9.17) is 0 Å². The standard InChI is InChI=1S/C13H17N3S/c1-13(2,3)11-12(17-16(4)15-11)14-10-8-6-5-7-9-10/h5-9H,1-4H3. The largest absolute Gasteiger partial charge is 0.235 e. The maximum atomic E-state index is 4.66. The third-order valence-corrected chi connectivity index (χ3v) is 3.16. The molecule has 0 aliphatic heterocycles. The van der Waals surface area contributed by atoms with Crippen LogP contribution in [-0.2, 0) is 12.5 Å². The summed E-state index contributed by atoms with van der Waals surface area (Å²) in [7, 11) is 1.95. The van der Waals surface area contributed by atoms with Crippen molar-refractivity contribution in [3.63, 3.8) is 0 Å². The number of rotatable bonds is 1. The maximum Gasteiger partial charge on any atom is 0.158 e. The van der Waals surface area contributed by atoms with Gasteiger partial charge in [0.15, 0.2) is 4.67 Å². The Labute approximate surface area is 106 Å². The molecule has 0 atom stereocenters. The van der Waals surface area contributed by atoms with E-state index in [1.807, 2.05) is 41.5 Å². The van der Waals surface area contributed by atoms with Crippen molar-refractivity contribution in [1.82, 2.24) is 9.17 Å². The van der Waals surface area contributed by atoms with Crippen molar-refractivity contribution in [2.75, 3.05) is 0 Å². The van der Waals surface area contributed by atoms with Crippen molar-refractivity contribution < 1.29 is 0 Å². The molecule has 2 rings (SSSR count). The highest BCUT2D eigenvalue weighted by atomic mass is 32.1. The van der Waals surface area contributed by atoms with Crippen LogP contribution in [0.15, 0.2) is 35.3 Å². The topological polar surface area (TPSA) is 30.2 Å². The highest BCUT2D eigenvalue weighted by molar-refractivity contribution is 7.03. The number of aromatic nitrogens is 2. The van der Waals surface area contributed by atoms with E-state index in [1.165, 1.54) is 0 Å². The first-order valence-corrected chi connectivity index (χ1v) is 6.39. The van der Waals surface area contributed by atoms with Crippen molar-refractivity contribution >= 4 is 17.2 Å². The second kappa shape index (κ2) is 4.45. The van der Waals surface area contributed by atoms with Gasteiger partial charge in [0.1, 0.15) is 5.69 Å². The molecule has 1 aromatic heterocycles. The Kier molecular flexibility index (Phi) is 3.15. The van der Waals surface area contributed by atoms with Crippen LogP contribution in [-0.4, -0.2) is 9.17 Å². The van der Waals surface area contributed by atoms with Gasteiger partial charge in [0.05, 0.1) is 5.69 Å². The summed E-state index contributed by atoms with van der Waals surface area (Å²) in [6.45, 7) is 6.48. The molecule has 1 heterocycles. The van der Waals surface area contributed by atoms with Crippen LogP contribution in [0.3, 0.4) is 0 Å². The lowest BCUT2D eigenvalue weighted by molar-refractivity contribution is 0.550. The quantitative estimate of drug-likeness (QED) is 0.762. The smallest absolute Gasteiger partial charge is 0.158 e. The van der Waals surface area contributed by atoms with Gasteiger partial charge in [-0.15, -0.1) is 0 Å². The summed E-state index contributed by atoms with van der Waals surface area (Å²) in [5.74, 6) is 0. The van der Waals surface area contributed by atoms with Gasteiger partial charge in [0.25, 0.3) is 0 Å². The predicted octanol–water partition coefficient (Wildman–Crippen LogP) is 3.01. The fourth-order valence-electron chi connectivity index (χ4n) is 1.54. The monoisotopic (exact) mass is 247 g/mol. The number of benzene rings is 1. The Bertz CT molecular complexity index is 558. The zero-order chi connectivity index (χ0) is 12.5. The SMILES string of the molecule is Cn1nc(C(C)(C)C)c(=Nc2ccccc2)s1. The summed E-state index contributed by atoms with van der Waals surface area (Å²) >= 11 is 1.57. The van der Waals surface area contributed by atoms with E-state index >= 15 is 0 Å². The zero-order valence-electron chi connectivity index (χ0n) is 10.6. The molecule has 0 radical (unpaired) electrons. The molecule has 17 heavy (non-hydrogen) atoms. The number of para-hydroxylation sites is 1. The van der Waals surface area contributed by atoms with Gasteiger partial charge in [-0.05, 0) is 23.7 Å². The Morgan fingerprint density at radius 3 is 2.41 bits per heavy atom. The normalized spacial score (nSPS) is 13.1. The third-order valence-electron chi connectivity index (χ3n) is 2.36. The van der Waals surface area contributed by atoms with Gasteiger partial charge in [-0.2, -0.15) is 5.10 Å². The average Bonchev–Trinajstić information content (AvgIpc) is 2.60. The van der Waals surface area contributed by atoms with Crippen molar-refractivity contribution in [3.8, 4) is 0 Å². The Morgan fingerprint density at radius 2 is 1.82 bits per heavy atom. The van der Waals surface area contributed by atoms with Gasteiger partial charge in [-0.3, -0.25) is 0 Å². The van der Waals surface area contributed by atoms with E-state index in [-0.39, 0.29) is 5.41 Å². The zero-order valence-corrected chi connectivity index (χ0v) is 11.5. The summed E-state index contributed by atoms with van der Waals surface area (Å²) in [4.78, 5) is 4.66. The molecule has 3 nitrogen and oxygen atoms in total. The van der Waals surface area contributed by atoms with Gasteiger partial charge < -0.3 is 0 Å². The fourth-order valence-corrected chi connectivity index (χ4v) is 2.49. The van der Waals surface area contributed by atoms with Crippen LogP contribution in [0.5, 0.6) is 0 Å². The van der Waals surface area contributed by atoms with Gasteiger partial charge in [0, 0.05) is 12.5 Å². The molecule has 0 spiro atoms. The molecule has 1 aromatic carbocycles. The molecule has 0 fully saturated rings. The molecule has 0 N–H and O–H groups in total. The summed E-state index contributed by atoms with van der Waals surface area (Å²) < 4.78 is 2.86. The van der Waals surface area contributed by atoms with Gasteiger partial charge >= 0.3 is 0 Å². The molecule has 0 aliphatic carbocycles. The number of aryl methyl sites for hydroxylation is 1. The highest BCUT2D eigenvalue weighted by Crippen LogP contribution is 2.18. The van der Waals surface area contributed by atoms with E-state index < -0.39 is 0 Å². The molecule has 2 aromatic rings. The second-order valence-electron chi connectivity index (χ2n) is 5.01. The second-order valence-corrected chi connectivity index (χ2v) is 6.10. The minimum atomic E-state index is 0.0192. The first kappa shape index (κ1) is 12.0. The predicted molar refractivity (Wildman–Crippen MR) is 71.5 cm³/mol. The highest BCUT2D eigenvalue weighted by Gasteiger charge is 2.20. The minimum Gasteiger partial charge on any atom is -0.235 e. The van der Waals surface area contributed by atoms with Crippen molar-refractivity contribution in [1.29, 1.82) is 0 Å². The first-order valence-electron chi connectivity index (χ1n) is 5.62. The number of hydrogen-bond donors (Lipinski definition) is 0. The fraction of sp³-hybridized carbons (Fsp3) is 0.385. The van der Waals surface area contributed by atoms with Crippen molar-refractivity contribution in [2.24, 2.45) is 12.0 Å². The molecule has 0 aliphatic rings. The van der Waals surface area contributed by atoms with E-state index in [0.29, 0.717) is 0 Å². The molecule has 0 saturated carbocycles. The molecule has 0 bridgehead atoms. The third kappa shape index (κ3) is 2.82. The van der Waals surface area contributed by atoms with Crippen molar-refractivity contribution in [3.05, 3.63) is 40.7 Å². The average molecular weight is 247 g/mol. The lowest BCUT2D eigenvalue weighted by atomic mass is 9.93. The van der Waals surface area contributed by atoms with Gasteiger partial charge in [-0.1, -0.05) is 39.0 Å². The van der Waals surface area contributed by atoms with Crippen LogP contribution in [0.4, 0.5) is 5.69 Å². The van der Waals surface area contributed by atoms with E-state index in [2.05, 4.69) is 30.9 Å². The molecule has 0 saturated heterocycles. The molecule has 0 unspecified atom stereocenters. The molecule has 4 heteroatoms. The van der Waals surface area contributed by atoms with E-state index in [0.717, 1.165) is 16.1 Å². The van der Waals surface area contributed by atoms with Crippen molar-refractivity contribution in [2.45, 2.75) is 26.2 Å².